The SMILES string of the molecule is CCCN(CCC)C(=O)c1csc(CN2C(=O)COc3ccc(C(C)(C)CC)cc32)n1. The first-order chi connectivity index (χ1) is 14.8. The van der Waals surface area contributed by atoms with Crippen molar-refractivity contribution in [2.24, 2.45) is 0 Å². The molecule has 31 heavy (non-hydrogen) atoms. The number of benzene rings is 1. The Morgan fingerprint density at radius 1 is 1.23 bits per heavy atom. The molecule has 0 saturated heterocycles. The highest BCUT2D eigenvalue weighted by atomic mass is 32.1. The largest absolute Gasteiger partial charge is 0.482 e. The van der Waals surface area contributed by atoms with Gasteiger partial charge in [-0.2, -0.15) is 0 Å². The number of carbonyl (C=O) groups is 2. The topological polar surface area (TPSA) is 62.7 Å². The summed E-state index contributed by atoms with van der Waals surface area (Å²) in [6, 6.07) is 6.08. The van der Waals surface area contributed by atoms with Crippen LogP contribution in [0.2, 0.25) is 0 Å². The Hall–Kier alpha value is -2.41. The number of hydrogen-bond donors (Lipinski definition) is 0. The lowest BCUT2D eigenvalue weighted by Gasteiger charge is -2.31. The third-order valence-electron chi connectivity index (χ3n) is 5.91. The number of hydrogen-bond acceptors (Lipinski definition) is 5. The van der Waals surface area contributed by atoms with Gasteiger partial charge in [0.2, 0.25) is 0 Å². The lowest BCUT2D eigenvalue weighted by molar-refractivity contribution is -0.121. The highest BCUT2D eigenvalue weighted by Gasteiger charge is 2.29. The first kappa shape index (κ1) is 23.3. The zero-order valence-electron chi connectivity index (χ0n) is 19.2. The van der Waals surface area contributed by atoms with Gasteiger partial charge >= 0.3 is 0 Å². The van der Waals surface area contributed by atoms with E-state index in [0.717, 1.165) is 43.0 Å². The molecule has 1 aliphatic heterocycles. The zero-order valence-corrected chi connectivity index (χ0v) is 20.1. The number of fused-ring (bicyclic) bond motifs is 1. The Bertz CT molecular complexity index is 932. The van der Waals surface area contributed by atoms with E-state index < -0.39 is 0 Å². The van der Waals surface area contributed by atoms with Gasteiger partial charge in [-0.3, -0.25) is 14.5 Å². The summed E-state index contributed by atoms with van der Waals surface area (Å²) in [4.78, 5) is 33.7. The quantitative estimate of drug-likeness (QED) is 0.546. The minimum absolute atomic E-state index is 0.00395. The molecule has 0 fully saturated rings. The van der Waals surface area contributed by atoms with E-state index >= 15 is 0 Å². The molecule has 0 bridgehead atoms. The molecule has 7 heteroatoms. The highest BCUT2D eigenvalue weighted by Crippen LogP contribution is 2.38. The van der Waals surface area contributed by atoms with Crippen LogP contribution in [-0.2, 0) is 16.8 Å². The monoisotopic (exact) mass is 443 g/mol. The Labute approximate surface area is 189 Å². The van der Waals surface area contributed by atoms with Crippen LogP contribution in [-0.4, -0.2) is 41.4 Å². The minimum atomic E-state index is -0.0966. The van der Waals surface area contributed by atoms with E-state index in [4.69, 9.17) is 4.74 Å². The molecular weight excluding hydrogens is 410 g/mol. The molecule has 3 rings (SSSR count). The van der Waals surface area contributed by atoms with Crippen LogP contribution in [0.1, 0.15) is 74.9 Å². The Balaban J connectivity index is 1.85. The molecule has 0 unspecified atom stereocenters. The van der Waals surface area contributed by atoms with Crippen molar-refractivity contribution in [1.82, 2.24) is 9.88 Å². The third-order valence-corrected chi connectivity index (χ3v) is 6.74. The van der Waals surface area contributed by atoms with E-state index in [-0.39, 0.29) is 23.8 Å². The molecule has 0 spiro atoms. The van der Waals surface area contributed by atoms with Gasteiger partial charge in [0, 0.05) is 18.5 Å². The van der Waals surface area contributed by atoms with Crippen LogP contribution < -0.4 is 9.64 Å². The smallest absolute Gasteiger partial charge is 0.273 e. The van der Waals surface area contributed by atoms with Gasteiger partial charge in [-0.1, -0.05) is 40.7 Å². The van der Waals surface area contributed by atoms with E-state index in [2.05, 4.69) is 51.7 Å². The van der Waals surface area contributed by atoms with Crippen molar-refractivity contribution in [2.75, 3.05) is 24.6 Å². The lowest BCUT2D eigenvalue weighted by atomic mass is 9.82. The summed E-state index contributed by atoms with van der Waals surface area (Å²) in [6.07, 6.45) is 2.82. The van der Waals surface area contributed by atoms with Crippen molar-refractivity contribution in [3.05, 3.63) is 39.8 Å². The number of nitrogens with zero attached hydrogens (tertiary/aromatic N) is 3. The molecule has 1 aliphatic rings. The van der Waals surface area contributed by atoms with Gasteiger partial charge < -0.3 is 9.64 Å². The number of carbonyl (C=O) groups excluding carboxylic acids is 2. The molecule has 0 atom stereocenters. The second kappa shape index (κ2) is 9.81. The molecule has 2 amide bonds. The lowest BCUT2D eigenvalue weighted by Crippen LogP contribution is -2.38. The fraction of sp³-hybridized carbons (Fsp3) is 0.542. The Kier molecular flexibility index (Phi) is 7.36. The van der Waals surface area contributed by atoms with Crippen LogP contribution in [0.25, 0.3) is 0 Å². The minimum Gasteiger partial charge on any atom is -0.482 e. The molecule has 6 nitrogen and oxygen atoms in total. The molecule has 2 aromatic rings. The molecular formula is C24H33N3O3S. The summed E-state index contributed by atoms with van der Waals surface area (Å²) < 4.78 is 5.66. The van der Waals surface area contributed by atoms with Crippen LogP contribution in [0.4, 0.5) is 5.69 Å². The maximum absolute atomic E-state index is 12.9. The maximum atomic E-state index is 12.9. The summed E-state index contributed by atoms with van der Waals surface area (Å²) in [7, 11) is 0. The van der Waals surface area contributed by atoms with Crippen molar-refractivity contribution in [3.8, 4) is 5.75 Å². The fourth-order valence-corrected chi connectivity index (χ4v) is 4.39. The van der Waals surface area contributed by atoms with Gasteiger partial charge in [-0.15, -0.1) is 11.3 Å². The summed E-state index contributed by atoms with van der Waals surface area (Å²) in [5, 5.41) is 2.55. The normalized spacial score (nSPS) is 13.7. The average molecular weight is 444 g/mol. The molecule has 168 valence electrons. The van der Waals surface area contributed by atoms with Crippen LogP contribution in [0.5, 0.6) is 5.75 Å². The summed E-state index contributed by atoms with van der Waals surface area (Å²) in [6.45, 7) is 12.5. The van der Waals surface area contributed by atoms with Gasteiger partial charge in [0.1, 0.15) is 16.5 Å². The maximum Gasteiger partial charge on any atom is 0.273 e. The van der Waals surface area contributed by atoms with E-state index in [1.165, 1.54) is 16.9 Å². The first-order valence-corrected chi connectivity index (χ1v) is 12.0. The molecule has 1 aromatic carbocycles. The van der Waals surface area contributed by atoms with Crippen LogP contribution in [0.15, 0.2) is 23.6 Å². The van der Waals surface area contributed by atoms with E-state index in [0.29, 0.717) is 18.0 Å². The molecule has 0 saturated carbocycles. The molecule has 0 aliphatic carbocycles. The molecule has 0 radical (unpaired) electrons. The van der Waals surface area contributed by atoms with Crippen molar-refractivity contribution in [1.29, 1.82) is 0 Å². The summed E-state index contributed by atoms with van der Waals surface area (Å²) in [5.74, 6) is 0.577. The van der Waals surface area contributed by atoms with Gasteiger partial charge in [-0.25, -0.2) is 4.98 Å². The van der Waals surface area contributed by atoms with Gasteiger partial charge in [0.25, 0.3) is 11.8 Å². The molecule has 2 heterocycles. The number of anilines is 1. The van der Waals surface area contributed by atoms with Gasteiger partial charge in [0.05, 0.1) is 12.2 Å². The van der Waals surface area contributed by atoms with Crippen LogP contribution in [0.3, 0.4) is 0 Å². The average Bonchev–Trinajstić information content (AvgIpc) is 3.23. The van der Waals surface area contributed by atoms with Crippen molar-refractivity contribution in [2.45, 2.75) is 65.8 Å². The van der Waals surface area contributed by atoms with E-state index in [9.17, 15) is 9.59 Å². The molecule has 0 N–H and O–H groups in total. The van der Waals surface area contributed by atoms with Crippen LogP contribution in [0, 0.1) is 0 Å². The van der Waals surface area contributed by atoms with E-state index in [1.54, 1.807) is 10.3 Å². The van der Waals surface area contributed by atoms with Crippen molar-refractivity contribution < 1.29 is 14.3 Å². The first-order valence-electron chi connectivity index (χ1n) is 11.1. The number of rotatable bonds is 9. The second-order valence-electron chi connectivity index (χ2n) is 8.61. The highest BCUT2D eigenvalue weighted by molar-refractivity contribution is 7.09. The Morgan fingerprint density at radius 3 is 2.58 bits per heavy atom. The predicted octanol–water partition coefficient (Wildman–Crippen LogP) is 5.02. The standard InChI is InChI=1S/C24H33N3O3S/c1-6-11-26(12-7-2)23(29)18-16-31-21(25-18)14-27-19-13-17(24(4,5)8-3)9-10-20(19)30-15-22(27)28/h9-10,13,16H,6-8,11-12,14-15H2,1-5H3. The number of amides is 2. The van der Waals surface area contributed by atoms with Gasteiger partial charge in [-0.05, 0) is 42.4 Å². The van der Waals surface area contributed by atoms with Gasteiger partial charge in [0.15, 0.2) is 6.61 Å². The summed E-state index contributed by atoms with van der Waals surface area (Å²) in [5.41, 5.74) is 2.41. The van der Waals surface area contributed by atoms with Crippen LogP contribution >= 0.6 is 11.3 Å². The fourth-order valence-electron chi connectivity index (χ4n) is 3.63. The van der Waals surface area contributed by atoms with Crippen molar-refractivity contribution >= 4 is 28.8 Å². The van der Waals surface area contributed by atoms with E-state index in [1.807, 2.05) is 11.0 Å². The third kappa shape index (κ3) is 5.09. The number of ether oxygens (including phenoxy) is 1. The number of aromatic nitrogens is 1. The predicted molar refractivity (Wildman–Crippen MR) is 125 cm³/mol. The summed E-state index contributed by atoms with van der Waals surface area (Å²) >= 11 is 1.42. The Morgan fingerprint density at radius 2 is 1.94 bits per heavy atom. The molecule has 1 aromatic heterocycles. The number of thiazole rings is 1. The zero-order chi connectivity index (χ0) is 22.6. The van der Waals surface area contributed by atoms with Crippen molar-refractivity contribution in [3.63, 3.8) is 0 Å². The second-order valence-corrected chi connectivity index (χ2v) is 9.55.